The van der Waals surface area contributed by atoms with Gasteiger partial charge in [0.25, 0.3) is 5.91 Å². The van der Waals surface area contributed by atoms with Crippen LogP contribution in [0, 0.1) is 12.7 Å². The van der Waals surface area contributed by atoms with Crippen LogP contribution in [0.1, 0.15) is 27.5 Å². The molecule has 1 amide bonds. The third-order valence-electron chi connectivity index (χ3n) is 3.70. The molecular weight excluding hydrogens is 279 g/mol. The van der Waals surface area contributed by atoms with Gasteiger partial charge in [0.05, 0.1) is 6.04 Å². The summed E-state index contributed by atoms with van der Waals surface area (Å²) in [5.41, 5.74) is 2.45. The van der Waals surface area contributed by atoms with Crippen LogP contribution in [0.4, 0.5) is 4.39 Å². The molecule has 0 aliphatic carbocycles. The number of amides is 1. The molecule has 2 aromatic carbocycles. The summed E-state index contributed by atoms with van der Waals surface area (Å²) in [6.45, 7) is 2.33. The predicted molar refractivity (Wildman–Crippen MR) is 86.3 cm³/mol. The van der Waals surface area contributed by atoms with Crippen LogP contribution in [0.5, 0.6) is 0 Å². The average Bonchev–Trinajstić information content (AvgIpc) is 2.47. The van der Waals surface area contributed by atoms with Gasteiger partial charge in [-0.05, 0) is 50.3 Å². The van der Waals surface area contributed by atoms with E-state index in [4.69, 9.17) is 0 Å². The van der Waals surface area contributed by atoms with Gasteiger partial charge in [0.15, 0.2) is 0 Å². The zero-order valence-corrected chi connectivity index (χ0v) is 13.1. The maximum absolute atomic E-state index is 13.4. The van der Waals surface area contributed by atoms with Gasteiger partial charge in [-0.1, -0.05) is 30.3 Å². The smallest absolute Gasteiger partial charge is 0.251 e. The van der Waals surface area contributed by atoms with Crippen molar-refractivity contribution in [3.8, 4) is 0 Å². The molecular formula is C18H21FN2O. The first-order chi connectivity index (χ1) is 10.5. The number of hydrogen-bond acceptors (Lipinski definition) is 2. The van der Waals surface area contributed by atoms with Gasteiger partial charge in [-0.25, -0.2) is 4.39 Å². The van der Waals surface area contributed by atoms with Gasteiger partial charge in [0.2, 0.25) is 0 Å². The van der Waals surface area contributed by atoms with E-state index in [1.54, 1.807) is 12.1 Å². The highest BCUT2D eigenvalue weighted by atomic mass is 19.1. The number of aryl methyl sites for hydroxylation is 1. The minimum absolute atomic E-state index is 0.0799. The Morgan fingerprint density at radius 3 is 2.55 bits per heavy atom. The molecule has 0 radical (unpaired) electrons. The maximum atomic E-state index is 13.4. The van der Waals surface area contributed by atoms with Crippen LogP contribution in [0.15, 0.2) is 48.5 Å². The third-order valence-corrected chi connectivity index (χ3v) is 3.70. The Kier molecular flexibility index (Phi) is 5.28. The van der Waals surface area contributed by atoms with Gasteiger partial charge in [0.1, 0.15) is 5.82 Å². The van der Waals surface area contributed by atoms with Crippen molar-refractivity contribution in [2.24, 2.45) is 0 Å². The minimum atomic E-state index is -0.269. The van der Waals surface area contributed by atoms with E-state index in [9.17, 15) is 9.18 Å². The molecule has 1 atom stereocenters. The largest absolute Gasteiger partial charge is 0.350 e. The molecule has 2 aromatic rings. The molecule has 0 aliphatic rings. The summed E-state index contributed by atoms with van der Waals surface area (Å²) in [5, 5.41) is 2.94. The van der Waals surface area contributed by atoms with Crippen LogP contribution < -0.4 is 5.32 Å². The molecule has 22 heavy (non-hydrogen) atoms. The van der Waals surface area contributed by atoms with Crippen LogP contribution in [0.2, 0.25) is 0 Å². The van der Waals surface area contributed by atoms with Crippen molar-refractivity contribution in [2.45, 2.75) is 13.0 Å². The molecule has 0 aliphatic heterocycles. The fourth-order valence-corrected chi connectivity index (χ4v) is 2.42. The predicted octanol–water partition coefficient (Wildman–Crippen LogP) is 3.17. The molecule has 2 rings (SSSR count). The highest BCUT2D eigenvalue weighted by molar-refractivity contribution is 5.95. The SMILES string of the molecule is Cc1ccccc1C(=O)NC[C@@H](c1cccc(F)c1)N(C)C. The Morgan fingerprint density at radius 2 is 1.91 bits per heavy atom. The van der Waals surface area contributed by atoms with Crippen molar-refractivity contribution in [3.05, 3.63) is 71.0 Å². The number of benzene rings is 2. The van der Waals surface area contributed by atoms with E-state index in [1.165, 1.54) is 12.1 Å². The summed E-state index contributed by atoms with van der Waals surface area (Å²) in [6.07, 6.45) is 0. The molecule has 0 bridgehead atoms. The quantitative estimate of drug-likeness (QED) is 0.920. The average molecular weight is 300 g/mol. The molecule has 0 spiro atoms. The van der Waals surface area contributed by atoms with Crippen LogP contribution in [-0.4, -0.2) is 31.4 Å². The monoisotopic (exact) mass is 300 g/mol. The standard InChI is InChI=1S/C18H21FN2O/c1-13-7-4-5-10-16(13)18(22)20-12-17(21(2)3)14-8-6-9-15(19)11-14/h4-11,17H,12H2,1-3H3,(H,20,22)/t17-/m0/s1. The first-order valence-electron chi connectivity index (χ1n) is 7.24. The van der Waals surface area contributed by atoms with Gasteiger partial charge in [0, 0.05) is 12.1 Å². The van der Waals surface area contributed by atoms with E-state index in [-0.39, 0.29) is 17.8 Å². The molecule has 0 saturated heterocycles. The summed E-state index contributed by atoms with van der Waals surface area (Å²) < 4.78 is 13.4. The van der Waals surface area contributed by atoms with Gasteiger partial charge >= 0.3 is 0 Å². The fraction of sp³-hybridized carbons (Fsp3) is 0.278. The summed E-state index contributed by atoms with van der Waals surface area (Å²) in [5.74, 6) is -0.379. The number of rotatable bonds is 5. The van der Waals surface area contributed by atoms with E-state index < -0.39 is 0 Å². The van der Waals surface area contributed by atoms with Crippen molar-refractivity contribution in [3.63, 3.8) is 0 Å². The molecule has 0 saturated carbocycles. The first kappa shape index (κ1) is 16.2. The zero-order valence-electron chi connectivity index (χ0n) is 13.1. The number of hydrogen-bond donors (Lipinski definition) is 1. The highest BCUT2D eigenvalue weighted by Crippen LogP contribution is 2.18. The molecule has 0 heterocycles. The van der Waals surface area contributed by atoms with E-state index in [0.717, 1.165) is 11.1 Å². The topological polar surface area (TPSA) is 32.3 Å². The van der Waals surface area contributed by atoms with Crippen LogP contribution >= 0.6 is 0 Å². The zero-order chi connectivity index (χ0) is 16.1. The fourth-order valence-electron chi connectivity index (χ4n) is 2.42. The van der Waals surface area contributed by atoms with E-state index in [0.29, 0.717) is 12.1 Å². The lowest BCUT2D eigenvalue weighted by molar-refractivity contribution is 0.0941. The molecule has 0 aromatic heterocycles. The Hall–Kier alpha value is -2.20. The molecule has 0 fully saturated rings. The van der Waals surface area contributed by atoms with E-state index >= 15 is 0 Å². The van der Waals surface area contributed by atoms with Crippen molar-refractivity contribution in [2.75, 3.05) is 20.6 Å². The number of halogens is 1. The Bertz CT molecular complexity index is 655. The number of carbonyl (C=O) groups excluding carboxylic acids is 1. The number of nitrogens with zero attached hydrogens (tertiary/aromatic N) is 1. The van der Waals surface area contributed by atoms with Crippen LogP contribution in [0.25, 0.3) is 0 Å². The summed E-state index contributed by atoms with van der Waals surface area (Å²) in [6, 6.07) is 13.9. The second kappa shape index (κ2) is 7.18. The van der Waals surface area contributed by atoms with Gasteiger partial charge < -0.3 is 10.2 Å². The van der Waals surface area contributed by atoms with E-state index in [1.807, 2.05) is 50.2 Å². The second-order valence-electron chi connectivity index (χ2n) is 5.56. The molecule has 1 N–H and O–H groups in total. The molecule has 116 valence electrons. The van der Waals surface area contributed by atoms with Crippen LogP contribution in [0.3, 0.4) is 0 Å². The normalized spacial score (nSPS) is 12.2. The van der Waals surface area contributed by atoms with Gasteiger partial charge in [-0.3, -0.25) is 4.79 Å². The first-order valence-corrected chi connectivity index (χ1v) is 7.24. The Labute approximate surface area is 130 Å². The van der Waals surface area contributed by atoms with Crippen molar-refractivity contribution in [1.82, 2.24) is 10.2 Å². The van der Waals surface area contributed by atoms with Gasteiger partial charge in [-0.2, -0.15) is 0 Å². The maximum Gasteiger partial charge on any atom is 0.251 e. The summed E-state index contributed by atoms with van der Waals surface area (Å²) >= 11 is 0. The van der Waals surface area contributed by atoms with Gasteiger partial charge in [-0.15, -0.1) is 0 Å². The van der Waals surface area contributed by atoms with Crippen molar-refractivity contribution in [1.29, 1.82) is 0 Å². The second-order valence-corrected chi connectivity index (χ2v) is 5.56. The summed E-state index contributed by atoms with van der Waals surface area (Å²) in [4.78, 5) is 14.3. The number of likely N-dealkylation sites (N-methyl/N-ethyl adjacent to an activating group) is 1. The third kappa shape index (κ3) is 3.92. The Morgan fingerprint density at radius 1 is 1.18 bits per heavy atom. The lowest BCUT2D eigenvalue weighted by Gasteiger charge is -2.25. The number of nitrogens with one attached hydrogen (secondary N) is 1. The van der Waals surface area contributed by atoms with Crippen molar-refractivity contribution < 1.29 is 9.18 Å². The lowest BCUT2D eigenvalue weighted by Crippen LogP contribution is -2.34. The van der Waals surface area contributed by atoms with Crippen LogP contribution in [-0.2, 0) is 0 Å². The number of carbonyl (C=O) groups is 1. The highest BCUT2D eigenvalue weighted by Gasteiger charge is 2.17. The molecule has 0 unspecified atom stereocenters. The van der Waals surface area contributed by atoms with E-state index in [2.05, 4.69) is 5.32 Å². The molecule has 3 nitrogen and oxygen atoms in total. The minimum Gasteiger partial charge on any atom is -0.350 e. The summed E-state index contributed by atoms with van der Waals surface area (Å²) in [7, 11) is 3.82. The molecule has 4 heteroatoms. The Balaban J connectivity index is 2.10. The lowest BCUT2D eigenvalue weighted by atomic mass is 10.0. The van der Waals surface area contributed by atoms with Crippen molar-refractivity contribution >= 4 is 5.91 Å².